The number of hydrogen-bond donors (Lipinski definition) is 2. The molecule has 0 amide bonds. The summed E-state index contributed by atoms with van der Waals surface area (Å²) >= 11 is 0. The molecule has 1 aliphatic carbocycles. The van der Waals surface area contributed by atoms with Gasteiger partial charge in [-0.15, -0.1) is 0 Å². The zero-order chi connectivity index (χ0) is 11.3. The molecular formula is C13H27NO. The molecule has 1 saturated carbocycles. The molecule has 0 spiro atoms. The van der Waals surface area contributed by atoms with Gasteiger partial charge in [-0.2, -0.15) is 0 Å². The molecule has 1 aliphatic rings. The first-order chi connectivity index (χ1) is 7.21. The van der Waals surface area contributed by atoms with Crippen molar-refractivity contribution in [1.82, 2.24) is 5.32 Å². The van der Waals surface area contributed by atoms with Crippen LogP contribution in [-0.4, -0.2) is 24.3 Å². The second-order valence-corrected chi connectivity index (χ2v) is 5.14. The van der Waals surface area contributed by atoms with Crippen LogP contribution in [-0.2, 0) is 0 Å². The molecule has 0 aromatic heterocycles. The lowest BCUT2D eigenvalue weighted by Crippen LogP contribution is -2.37. The van der Waals surface area contributed by atoms with Gasteiger partial charge < -0.3 is 10.4 Å². The first kappa shape index (κ1) is 13.0. The van der Waals surface area contributed by atoms with Crippen molar-refractivity contribution in [2.24, 2.45) is 11.3 Å². The predicted octanol–water partition coefficient (Wildman–Crippen LogP) is 2.56. The molecule has 90 valence electrons. The van der Waals surface area contributed by atoms with Gasteiger partial charge in [0.1, 0.15) is 0 Å². The van der Waals surface area contributed by atoms with Gasteiger partial charge in [-0.3, -0.25) is 0 Å². The summed E-state index contributed by atoms with van der Waals surface area (Å²) in [4.78, 5) is 0. The Hall–Kier alpha value is -0.0800. The molecule has 1 fully saturated rings. The molecule has 0 radical (unpaired) electrons. The summed E-state index contributed by atoms with van der Waals surface area (Å²) < 4.78 is 0. The molecule has 2 unspecified atom stereocenters. The number of aliphatic hydroxyl groups excluding tert-OH is 1. The van der Waals surface area contributed by atoms with Crippen molar-refractivity contribution < 1.29 is 5.11 Å². The molecule has 2 heteroatoms. The third-order valence-electron chi connectivity index (χ3n) is 4.16. The first-order valence-corrected chi connectivity index (χ1v) is 6.55. The Morgan fingerprint density at radius 1 is 1.27 bits per heavy atom. The minimum Gasteiger partial charge on any atom is -0.396 e. The monoisotopic (exact) mass is 213 g/mol. The smallest absolute Gasteiger partial charge is 0.0499 e. The molecule has 0 saturated heterocycles. The fourth-order valence-electron chi connectivity index (χ4n) is 2.31. The van der Waals surface area contributed by atoms with Gasteiger partial charge in [-0.05, 0) is 31.6 Å². The highest BCUT2D eigenvalue weighted by Crippen LogP contribution is 2.35. The molecule has 0 aromatic rings. The van der Waals surface area contributed by atoms with Crippen molar-refractivity contribution in [1.29, 1.82) is 0 Å². The molecule has 2 atom stereocenters. The number of aliphatic hydroxyl groups is 1. The fourth-order valence-corrected chi connectivity index (χ4v) is 2.31. The van der Waals surface area contributed by atoms with Gasteiger partial charge in [0.25, 0.3) is 0 Å². The fraction of sp³-hybridized carbons (Fsp3) is 1.00. The van der Waals surface area contributed by atoms with Crippen LogP contribution in [0.2, 0.25) is 0 Å². The van der Waals surface area contributed by atoms with Crippen LogP contribution < -0.4 is 5.32 Å². The molecule has 0 heterocycles. The van der Waals surface area contributed by atoms with E-state index in [9.17, 15) is 5.11 Å². The van der Waals surface area contributed by atoms with E-state index in [0.717, 1.165) is 31.3 Å². The second-order valence-electron chi connectivity index (χ2n) is 5.14. The van der Waals surface area contributed by atoms with E-state index < -0.39 is 0 Å². The average Bonchev–Trinajstić information content (AvgIpc) is 3.00. The topological polar surface area (TPSA) is 32.3 Å². The molecule has 1 rings (SSSR count). The second kappa shape index (κ2) is 5.86. The van der Waals surface area contributed by atoms with E-state index in [0.29, 0.717) is 6.61 Å². The minimum atomic E-state index is 0.124. The summed E-state index contributed by atoms with van der Waals surface area (Å²) in [5, 5.41) is 13.1. The molecule has 2 N–H and O–H groups in total. The van der Waals surface area contributed by atoms with Crippen LogP contribution >= 0.6 is 0 Å². The molecule has 2 nitrogen and oxygen atoms in total. The molecule has 0 aromatic carbocycles. The molecule has 0 aliphatic heterocycles. The highest BCUT2D eigenvalue weighted by Gasteiger charge is 2.37. The lowest BCUT2D eigenvalue weighted by Gasteiger charge is -2.29. The largest absolute Gasteiger partial charge is 0.396 e. The minimum absolute atomic E-state index is 0.124. The molecule has 0 bridgehead atoms. The Morgan fingerprint density at radius 2 is 1.93 bits per heavy atom. The Bertz CT molecular complexity index is 169. The quantitative estimate of drug-likeness (QED) is 0.649. The van der Waals surface area contributed by atoms with Crippen LogP contribution in [0.4, 0.5) is 0 Å². The van der Waals surface area contributed by atoms with E-state index >= 15 is 0 Å². The average molecular weight is 213 g/mol. The zero-order valence-corrected chi connectivity index (χ0v) is 10.6. The van der Waals surface area contributed by atoms with Gasteiger partial charge in [-0.25, -0.2) is 0 Å². The Balaban J connectivity index is 2.24. The van der Waals surface area contributed by atoms with Crippen molar-refractivity contribution in [3.05, 3.63) is 0 Å². The highest BCUT2D eigenvalue weighted by atomic mass is 16.3. The number of hydrogen-bond acceptors (Lipinski definition) is 2. The first-order valence-electron chi connectivity index (χ1n) is 6.55. The van der Waals surface area contributed by atoms with Crippen molar-refractivity contribution in [2.75, 3.05) is 13.2 Å². The summed E-state index contributed by atoms with van der Waals surface area (Å²) in [6.45, 7) is 7.92. The van der Waals surface area contributed by atoms with Crippen LogP contribution in [0.25, 0.3) is 0 Å². The third-order valence-corrected chi connectivity index (χ3v) is 4.16. The van der Waals surface area contributed by atoms with E-state index in [1.165, 1.54) is 19.3 Å². The number of rotatable bonds is 8. The lowest BCUT2D eigenvalue weighted by atomic mass is 9.83. The Labute approximate surface area is 94.5 Å². The van der Waals surface area contributed by atoms with E-state index in [4.69, 9.17) is 0 Å². The van der Waals surface area contributed by atoms with Crippen molar-refractivity contribution >= 4 is 0 Å². The lowest BCUT2D eigenvalue weighted by molar-refractivity contribution is 0.112. The van der Waals surface area contributed by atoms with Gasteiger partial charge in [0.05, 0.1) is 0 Å². The Kier molecular flexibility index (Phi) is 5.07. The van der Waals surface area contributed by atoms with Gasteiger partial charge >= 0.3 is 0 Å². The summed E-state index contributed by atoms with van der Waals surface area (Å²) in [6.07, 6.45) is 6.15. The predicted molar refractivity (Wildman–Crippen MR) is 64.9 cm³/mol. The van der Waals surface area contributed by atoms with E-state index in [1.807, 2.05) is 0 Å². The van der Waals surface area contributed by atoms with Gasteiger partial charge in [0.15, 0.2) is 0 Å². The van der Waals surface area contributed by atoms with Crippen molar-refractivity contribution in [3.8, 4) is 0 Å². The van der Waals surface area contributed by atoms with Crippen molar-refractivity contribution in [3.63, 3.8) is 0 Å². The maximum absolute atomic E-state index is 9.44. The van der Waals surface area contributed by atoms with Crippen LogP contribution in [0.1, 0.15) is 52.9 Å². The van der Waals surface area contributed by atoms with Crippen LogP contribution in [0.5, 0.6) is 0 Å². The maximum atomic E-state index is 9.44. The Morgan fingerprint density at radius 3 is 2.40 bits per heavy atom. The van der Waals surface area contributed by atoms with E-state index in [1.54, 1.807) is 0 Å². The summed E-state index contributed by atoms with van der Waals surface area (Å²) in [5.74, 6) is 0.917. The maximum Gasteiger partial charge on any atom is 0.0499 e. The molecule has 15 heavy (non-hydrogen) atoms. The summed E-state index contributed by atoms with van der Waals surface area (Å²) in [7, 11) is 0. The number of nitrogens with one attached hydrogen (secondary N) is 1. The van der Waals surface area contributed by atoms with Gasteiger partial charge in [0.2, 0.25) is 0 Å². The van der Waals surface area contributed by atoms with Crippen LogP contribution in [0.15, 0.2) is 0 Å². The van der Waals surface area contributed by atoms with Gasteiger partial charge in [0, 0.05) is 24.6 Å². The van der Waals surface area contributed by atoms with Crippen LogP contribution in [0, 0.1) is 11.3 Å². The normalized spacial score (nSPS) is 25.6. The summed E-state index contributed by atoms with van der Waals surface area (Å²) in [5.41, 5.74) is 0.124. The molecular weight excluding hydrogens is 186 g/mol. The van der Waals surface area contributed by atoms with E-state index in [2.05, 4.69) is 26.1 Å². The van der Waals surface area contributed by atoms with Gasteiger partial charge in [-0.1, -0.05) is 27.2 Å². The van der Waals surface area contributed by atoms with E-state index in [-0.39, 0.29) is 5.41 Å². The third kappa shape index (κ3) is 3.46. The SMILES string of the molecule is CCCC1CC1NCC(CC)(CC)CO. The zero-order valence-electron chi connectivity index (χ0n) is 10.6. The summed E-state index contributed by atoms with van der Waals surface area (Å²) in [6, 6.07) is 0.744. The van der Waals surface area contributed by atoms with Crippen LogP contribution in [0.3, 0.4) is 0 Å². The van der Waals surface area contributed by atoms with Crippen molar-refractivity contribution in [2.45, 2.75) is 58.9 Å². The standard InChI is InChI=1S/C13H27NO/c1-4-7-11-8-12(11)14-9-13(5-2,6-3)10-15/h11-12,14-15H,4-10H2,1-3H3. The highest BCUT2D eigenvalue weighted by molar-refractivity contribution is 4.94.